The van der Waals surface area contributed by atoms with Crippen LogP contribution in [0.2, 0.25) is 0 Å². The number of amides is 2. The molecule has 1 aromatic rings. The fourth-order valence-corrected chi connectivity index (χ4v) is 3.83. The number of para-hydroxylation sites is 1. The predicted octanol–water partition coefficient (Wildman–Crippen LogP) is 1.65. The maximum Gasteiger partial charge on any atom is 0.256 e. The summed E-state index contributed by atoms with van der Waals surface area (Å²) in [6.45, 7) is 6.22. The summed E-state index contributed by atoms with van der Waals surface area (Å²) in [4.78, 5) is 30.9. The van der Waals surface area contributed by atoms with Gasteiger partial charge in [-0.25, -0.2) is 0 Å². The second kappa shape index (κ2) is 7.49. The molecule has 1 aromatic carbocycles. The number of ether oxygens (including phenoxy) is 1. The first kappa shape index (κ1) is 17.8. The Labute approximate surface area is 153 Å². The smallest absolute Gasteiger partial charge is 0.256 e. The first-order valence-corrected chi connectivity index (χ1v) is 8.98. The highest BCUT2D eigenvalue weighted by Gasteiger charge is 2.45. The van der Waals surface area contributed by atoms with E-state index in [-0.39, 0.29) is 24.3 Å². The van der Waals surface area contributed by atoms with Gasteiger partial charge in [0.1, 0.15) is 6.04 Å². The molecule has 2 amide bonds. The van der Waals surface area contributed by atoms with Gasteiger partial charge < -0.3 is 14.5 Å². The maximum atomic E-state index is 13.1. The van der Waals surface area contributed by atoms with Crippen LogP contribution in [-0.2, 0) is 14.3 Å². The van der Waals surface area contributed by atoms with Crippen molar-refractivity contribution in [1.82, 2.24) is 9.80 Å². The number of hydrogen-bond donors (Lipinski definition) is 0. The van der Waals surface area contributed by atoms with Crippen LogP contribution in [0.4, 0.5) is 5.69 Å². The molecule has 7 heteroatoms. The number of morpholine rings is 1. The summed E-state index contributed by atoms with van der Waals surface area (Å²) in [6.07, 6.45) is 0.139. The van der Waals surface area contributed by atoms with Gasteiger partial charge in [-0.1, -0.05) is 18.2 Å². The monoisotopic (exact) mass is 361 g/mol. The molecule has 3 rings (SSSR count). The van der Waals surface area contributed by atoms with E-state index in [1.165, 1.54) is 0 Å². The molecule has 25 heavy (non-hydrogen) atoms. The Morgan fingerprint density at radius 3 is 2.48 bits per heavy atom. The van der Waals surface area contributed by atoms with Crippen LogP contribution >= 0.6 is 12.2 Å². The third kappa shape index (κ3) is 3.52. The molecule has 0 spiro atoms. The van der Waals surface area contributed by atoms with Gasteiger partial charge in [0.05, 0.1) is 25.3 Å². The second-order valence-corrected chi connectivity index (χ2v) is 6.87. The average molecular weight is 361 g/mol. The lowest BCUT2D eigenvalue weighted by molar-refractivity contribution is -0.138. The van der Waals surface area contributed by atoms with E-state index in [1.807, 2.05) is 49.1 Å². The summed E-state index contributed by atoms with van der Waals surface area (Å²) < 4.78 is 5.29. The molecule has 0 aromatic heterocycles. The van der Waals surface area contributed by atoms with Crippen LogP contribution in [0.5, 0.6) is 0 Å². The van der Waals surface area contributed by atoms with Crippen LogP contribution in [0.25, 0.3) is 0 Å². The van der Waals surface area contributed by atoms with E-state index in [2.05, 4.69) is 0 Å². The van der Waals surface area contributed by atoms with Crippen LogP contribution < -0.4 is 4.90 Å². The van der Waals surface area contributed by atoms with Crippen molar-refractivity contribution >= 4 is 34.8 Å². The lowest BCUT2D eigenvalue weighted by Crippen LogP contribution is -2.46. The minimum absolute atomic E-state index is 0.0231. The van der Waals surface area contributed by atoms with Gasteiger partial charge in [0.25, 0.3) is 5.91 Å². The van der Waals surface area contributed by atoms with Crippen molar-refractivity contribution in [3.05, 3.63) is 30.3 Å². The normalized spacial score (nSPS) is 21.4. The van der Waals surface area contributed by atoms with Crippen LogP contribution in [0, 0.1) is 0 Å². The van der Waals surface area contributed by atoms with Crippen LogP contribution in [0.1, 0.15) is 20.3 Å². The summed E-state index contributed by atoms with van der Waals surface area (Å²) >= 11 is 5.57. The number of benzene rings is 1. The van der Waals surface area contributed by atoms with E-state index in [9.17, 15) is 9.59 Å². The fraction of sp³-hybridized carbons (Fsp3) is 0.500. The van der Waals surface area contributed by atoms with E-state index >= 15 is 0 Å². The molecule has 6 nitrogen and oxygen atoms in total. The summed E-state index contributed by atoms with van der Waals surface area (Å²) in [5, 5.41) is 0.464. The van der Waals surface area contributed by atoms with E-state index in [0.29, 0.717) is 31.4 Å². The number of carbonyl (C=O) groups excluding carboxylic acids is 2. The topological polar surface area (TPSA) is 53.1 Å². The van der Waals surface area contributed by atoms with Gasteiger partial charge in [-0.05, 0) is 38.2 Å². The quantitative estimate of drug-likeness (QED) is 0.764. The number of thiocarbonyl (C=S) groups is 1. The fourth-order valence-electron chi connectivity index (χ4n) is 3.30. The van der Waals surface area contributed by atoms with E-state index < -0.39 is 6.04 Å². The lowest BCUT2D eigenvalue weighted by atomic mass is 10.1. The first-order chi connectivity index (χ1) is 12.0. The van der Waals surface area contributed by atoms with E-state index in [0.717, 1.165) is 5.69 Å². The van der Waals surface area contributed by atoms with Gasteiger partial charge >= 0.3 is 0 Å². The molecule has 2 aliphatic rings. The Kier molecular flexibility index (Phi) is 5.34. The SMILES string of the molecule is CC(C)N1C(=S)N(c2ccccc2)C(=O)C1CC(=O)N1CCOCC1. The zero-order chi connectivity index (χ0) is 18.0. The van der Waals surface area contributed by atoms with Crippen molar-refractivity contribution < 1.29 is 14.3 Å². The Morgan fingerprint density at radius 2 is 1.88 bits per heavy atom. The molecule has 0 saturated carbocycles. The standard InChI is InChI=1S/C18H23N3O3S/c1-13(2)20-15(12-16(22)19-8-10-24-11-9-19)17(23)21(18(20)25)14-6-4-3-5-7-14/h3-7,13,15H,8-12H2,1-2H3. The Hall–Kier alpha value is -1.99. The minimum Gasteiger partial charge on any atom is -0.378 e. The highest BCUT2D eigenvalue weighted by atomic mass is 32.1. The van der Waals surface area contributed by atoms with Gasteiger partial charge in [0, 0.05) is 19.1 Å². The summed E-state index contributed by atoms with van der Waals surface area (Å²) in [5.74, 6) is -0.156. The molecule has 0 bridgehead atoms. The lowest BCUT2D eigenvalue weighted by Gasteiger charge is -2.31. The number of anilines is 1. The van der Waals surface area contributed by atoms with Crippen molar-refractivity contribution in [2.45, 2.75) is 32.4 Å². The number of nitrogens with zero attached hydrogens (tertiary/aromatic N) is 3. The molecule has 0 aliphatic carbocycles. The molecule has 0 N–H and O–H groups in total. The Balaban J connectivity index is 1.82. The van der Waals surface area contributed by atoms with E-state index in [1.54, 1.807) is 9.80 Å². The molecule has 2 fully saturated rings. The predicted molar refractivity (Wildman–Crippen MR) is 99.3 cm³/mol. The highest BCUT2D eigenvalue weighted by molar-refractivity contribution is 7.80. The molecule has 1 atom stereocenters. The van der Waals surface area contributed by atoms with Gasteiger partial charge in [-0.15, -0.1) is 0 Å². The largest absolute Gasteiger partial charge is 0.378 e. The molecular formula is C18H23N3O3S. The van der Waals surface area contributed by atoms with Crippen molar-refractivity contribution in [3.63, 3.8) is 0 Å². The second-order valence-electron chi connectivity index (χ2n) is 6.51. The summed E-state index contributed by atoms with van der Waals surface area (Å²) in [7, 11) is 0. The number of carbonyl (C=O) groups is 2. The first-order valence-electron chi connectivity index (χ1n) is 8.57. The maximum absolute atomic E-state index is 13.1. The van der Waals surface area contributed by atoms with Crippen molar-refractivity contribution in [1.29, 1.82) is 0 Å². The third-order valence-corrected chi connectivity index (χ3v) is 4.95. The zero-order valence-electron chi connectivity index (χ0n) is 14.6. The molecular weight excluding hydrogens is 338 g/mol. The molecule has 2 saturated heterocycles. The number of hydrogen-bond acceptors (Lipinski definition) is 4. The van der Waals surface area contributed by atoms with Gasteiger partial charge in [-0.3, -0.25) is 14.5 Å². The van der Waals surface area contributed by atoms with Gasteiger partial charge in [-0.2, -0.15) is 0 Å². The van der Waals surface area contributed by atoms with Crippen LogP contribution in [-0.4, -0.2) is 65.1 Å². The Bertz CT molecular complexity index is 659. The van der Waals surface area contributed by atoms with E-state index in [4.69, 9.17) is 17.0 Å². The summed E-state index contributed by atoms with van der Waals surface area (Å²) in [6, 6.07) is 8.83. The van der Waals surface area contributed by atoms with Crippen LogP contribution in [0.3, 0.4) is 0 Å². The number of rotatable bonds is 4. The molecule has 2 heterocycles. The molecule has 2 aliphatic heterocycles. The zero-order valence-corrected chi connectivity index (χ0v) is 15.4. The molecule has 134 valence electrons. The highest BCUT2D eigenvalue weighted by Crippen LogP contribution is 2.29. The van der Waals surface area contributed by atoms with Gasteiger partial charge in [0.2, 0.25) is 5.91 Å². The van der Waals surface area contributed by atoms with Crippen molar-refractivity contribution in [3.8, 4) is 0 Å². The van der Waals surface area contributed by atoms with Crippen molar-refractivity contribution in [2.24, 2.45) is 0 Å². The Morgan fingerprint density at radius 1 is 1.24 bits per heavy atom. The average Bonchev–Trinajstić information content (AvgIpc) is 2.86. The van der Waals surface area contributed by atoms with Crippen molar-refractivity contribution in [2.75, 3.05) is 31.2 Å². The van der Waals surface area contributed by atoms with Crippen LogP contribution in [0.15, 0.2) is 30.3 Å². The third-order valence-electron chi connectivity index (χ3n) is 4.56. The van der Waals surface area contributed by atoms with Gasteiger partial charge in [0.15, 0.2) is 5.11 Å². The molecule has 1 unspecified atom stereocenters. The summed E-state index contributed by atoms with van der Waals surface area (Å²) in [5.41, 5.74) is 0.740. The molecule has 0 radical (unpaired) electrons. The minimum atomic E-state index is -0.553.